The third-order valence-electron chi connectivity index (χ3n) is 5.24. The van der Waals surface area contributed by atoms with Crippen molar-refractivity contribution in [2.45, 2.75) is 30.9 Å². The predicted molar refractivity (Wildman–Crippen MR) is 121 cm³/mol. The second-order valence-corrected chi connectivity index (χ2v) is 9.21. The molecule has 3 aromatic carbocycles. The number of hydrazone groups is 1. The lowest BCUT2D eigenvalue weighted by Crippen LogP contribution is -2.24. The summed E-state index contributed by atoms with van der Waals surface area (Å²) in [7, 11) is -3.75. The van der Waals surface area contributed by atoms with Crippen LogP contribution in [-0.4, -0.2) is 25.0 Å². The van der Waals surface area contributed by atoms with E-state index in [1.807, 2.05) is 12.1 Å². The standard InChI is InChI=1S/C24H22FN3O4S/c1-17(29)28-24(20-11-13-21(25)14-12-20)15-23(26-28)19-9-7-18(8-10-19)16-32-27-33(30,31)22-5-3-2-4-6-22/h2-14,24,27H,15-16H2,1H3. The van der Waals surface area contributed by atoms with Crippen molar-refractivity contribution < 1.29 is 22.4 Å². The summed E-state index contributed by atoms with van der Waals surface area (Å²) in [6.07, 6.45) is 0.498. The van der Waals surface area contributed by atoms with Gasteiger partial charge in [0.25, 0.3) is 10.0 Å². The van der Waals surface area contributed by atoms with Gasteiger partial charge in [-0.1, -0.05) is 59.5 Å². The van der Waals surface area contributed by atoms with E-state index in [9.17, 15) is 17.6 Å². The van der Waals surface area contributed by atoms with Crippen LogP contribution in [0.25, 0.3) is 0 Å². The van der Waals surface area contributed by atoms with Crippen molar-refractivity contribution in [2.24, 2.45) is 5.10 Å². The molecule has 7 nitrogen and oxygen atoms in total. The van der Waals surface area contributed by atoms with Crippen LogP contribution in [0.2, 0.25) is 0 Å². The number of halogens is 1. The van der Waals surface area contributed by atoms with E-state index in [2.05, 4.69) is 9.99 Å². The van der Waals surface area contributed by atoms with E-state index in [4.69, 9.17) is 4.84 Å². The monoisotopic (exact) mass is 467 g/mol. The fourth-order valence-electron chi connectivity index (χ4n) is 3.55. The van der Waals surface area contributed by atoms with Crippen molar-refractivity contribution in [3.05, 3.63) is 101 Å². The lowest BCUT2D eigenvalue weighted by Gasteiger charge is -2.20. The molecule has 0 bridgehead atoms. The highest BCUT2D eigenvalue weighted by Gasteiger charge is 2.31. The van der Waals surface area contributed by atoms with Crippen molar-refractivity contribution in [2.75, 3.05) is 0 Å². The lowest BCUT2D eigenvalue weighted by molar-refractivity contribution is -0.130. The average molecular weight is 468 g/mol. The first kappa shape index (κ1) is 22.8. The Hall–Kier alpha value is -3.40. The molecule has 1 heterocycles. The van der Waals surface area contributed by atoms with E-state index >= 15 is 0 Å². The third kappa shape index (κ3) is 5.33. The van der Waals surface area contributed by atoms with Gasteiger partial charge in [-0.25, -0.2) is 17.8 Å². The molecule has 1 aliphatic heterocycles. The maximum absolute atomic E-state index is 13.3. The first-order valence-electron chi connectivity index (χ1n) is 10.2. The first-order valence-corrected chi connectivity index (χ1v) is 11.7. The van der Waals surface area contributed by atoms with E-state index in [0.29, 0.717) is 6.42 Å². The molecule has 0 aromatic heterocycles. The molecule has 0 aliphatic carbocycles. The number of hydrogen-bond donors (Lipinski definition) is 1. The molecule has 9 heteroatoms. The molecule has 1 unspecified atom stereocenters. The molecule has 0 fully saturated rings. The van der Waals surface area contributed by atoms with Crippen molar-refractivity contribution in [1.82, 2.24) is 9.89 Å². The number of rotatable bonds is 7. The van der Waals surface area contributed by atoms with Gasteiger partial charge in [0.05, 0.1) is 23.3 Å². The summed E-state index contributed by atoms with van der Waals surface area (Å²) in [4.78, 5) is 19.5. The van der Waals surface area contributed by atoms with Crippen LogP contribution in [0.1, 0.15) is 36.1 Å². The molecule has 1 aliphatic rings. The van der Waals surface area contributed by atoms with E-state index in [0.717, 1.165) is 22.4 Å². The van der Waals surface area contributed by atoms with Gasteiger partial charge in [-0.05, 0) is 41.0 Å². The Labute approximate surface area is 191 Å². The molecular weight excluding hydrogens is 445 g/mol. The average Bonchev–Trinajstić information content (AvgIpc) is 3.26. The summed E-state index contributed by atoms with van der Waals surface area (Å²) in [6.45, 7) is 1.48. The van der Waals surface area contributed by atoms with Crippen molar-refractivity contribution >= 4 is 21.6 Å². The van der Waals surface area contributed by atoms with Crippen molar-refractivity contribution in [1.29, 1.82) is 0 Å². The number of hydrogen-bond acceptors (Lipinski definition) is 5. The second kappa shape index (κ2) is 9.62. The summed E-state index contributed by atoms with van der Waals surface area (Å²) in [5.74, 6) is -0.536. The van der Waals surface area contributed by atoms with Gasteiger partial charge >= 0.3 is 0 Å². The Kier molecular flexibility index (Phi) is 6.64. The fraction of sp³-hybridized carbons (Fsp3) is 0.167. The SMILES string of the molecule is CC(=O)N1N=C(c2ccc(CONS(=O)(=O)c3ccccc3)cc2)CC1c1ccc(F)cc1. The normalized spacial score (nSPS) is 16.0. The zero-order valence-electron chi connectivity index (χ0n) is 17.8. The Balaban J connectivity index is 1.41. The van der Waals surface area contributed by atoms with Crippen LogP contribution in [0.4, 0.5) is 4.39 Å². The molecule has 1 atom stereocenters. The Morgan fingerprint density at radius 1 is 1.06 bits per heavy atom. The smallest absolute Gasteiger partial charge is 0.262 e. The van der Waals surface area contributed by atoms with Gasteiger partial charge in [-0.3, -0.25) is 9.63 Å². The number of amides is 1. The number of carbonyl (C=O) groups excluding carboxylic acids is 1. The summed E-state index contributed by atoms with van der Waals surface area (Å²) in [5.41, 5.74) is 3.13. The van der Waals surface area contributed by atoms with Crippen LogP contribution < -0.4 is 4.89 Å². The highest BCUT2D eigenvalue weighted by atomic mass is 32.2. The number of sulfonamides is 1. The van der Waals surface area contributed by atoms with E-state index < -0.39 is 10.0 Å². The number of nitrogens with zero attached hydrogens (tertiary/aromatic N) is 2. The molecule has 1 N–H and O–H groups in total. The highest BCUT2D eigenvalue weighted by Crippen LogP contribution is 2.32. The number of nitrogens with one attached hydrogen (secondary N) is 1. The second-order valence-electron chi connectivity index (χ2n) is 7.57. The quantitative estimate of drug-likeness (QED) is 0.534. The van der Waals surface area contributed by atoms with Gasteiger partial charge in [0.15, 0.2) is 0 Å². The first-order chi connectivity index (χ1) is 15.8. The molecule has 33 heavy (non-hydrogen) atoms. The Morgan fingerprint density at radius 3 is 2.36 bits per heavy atom. The number of carbonyl (C=O) groups is 1. The Morgan fingerprint density at radius 2 is 1.73 bits per heavy atom. The summed E-state index contributed by atoms with van der Waals surface area (Å²) in [5, 5.41) is 5.89. The largest absolute Gasteiger partial charge is 0.282 e. The van der Waals surface area contributed by atoms with E-state index in [1.165, 1.54) is 36.2 Å². The van der Waals surface area contributed by atoms with E-state index in [-0.39, 0.29) is 29.3 Å². The topological polar surface area (TPSA) is 88.1 Å². The maximum Gasteiger partial charge on any atom is 0.262 e. The predicted octanol–water partition coefficient (Wildman–Crippen LogP) is 3.93. The van der Waals surface area contributed by atoms with Gasteiger partial charge in [-0.2, -0.15) is 5.10 Å². The lowest BCUT2D eigenvalue weighted by atomic mass is 9.98. The third-order valence-corrected chi connectivity index (χ3v) is 6.47. The summed E-state index contributed by atoms with van der Waals surface area (Å²) >= 11 is 0. The molecule has 170 valence electrons. The van der Waals surface area contributed by atoms with Crippen LogP contribution in [0, 0.1) is 5.82 Å². The minimum absolute atomic E-state index is 0.0383. The summed E-state index contributed by atoms with van der Waals surface area (Å²) in [6, 6.07) is 21.0. The molecule has 0 spiro atoms. The summed E-state index contributed by atoms with van der Waals surface area (Å²) < 4.78 is 37.7. The highest BCUT2D eigenvalue weighted by molar-refractivity contribution is 7.89. The molecule has 3 aromatic rings. The number of benzene rings is 3. The molecule has 4 rings (SSSR count). The molecule has 0 saturated heterocycles. The molecule has 0 radical (unpaired) electrons. The minimum atomic E-state index is -3.75. The van der Waals surface area contributed by atoms with Crippen LogP contribution in [0.5, 0.6) is 0 Å². The van der Waals surface area contributed by atoms with Crippen LogP contribution >= 0.6 is 0 Å². The maximum atomic E-state index is 13.3. The minimum Gasteiger partial charge on any atom is -0.282 e. The molecule has 0 saturated carbocycles. The zero-order valence-corrected chi connectivity index (χ0v) is 18.6. The van der Waals surface area contributed by atoms with Gasteiger partial charge in [0.2, 0.25) is 5.91 Å². The van der Waals surface area contributed by atoms with Gasteiger partial charge in [-0.15, -0.1) is 0 Å². The van der Waals surface area contributed by atoms with Gasteiger partial charge in [0, 0.05) is 13.3 Å². The molecular formula is C24H22FN3O4S. The van der Waals surface area contributed by atoms with Gasteiger partial charge < -0.3 is 0 Å². The van der Waals surface area contributed by atoms with E-state index in [1.54, 1.807) is 42.5 Å². The van der Waals surface area contributed by atoms with Crippen LogP contribution in [0.3, 0.4) is 0 Å². The van der Waals surface area contributed by atoms with Crippen molar-refractivity contribution in [3.8, 4) is 0 Å². The zero-order chi connectivity index (χ0) is 23.4. The fourth-order valence-corrected chi connectivity index (χ4v) is 4.38. The van der Waals surface area contributed by atoms with Crippen LogP contribution in [-0.2, 0) is 26.3 Å². The Bertz CT molecular complexity index is 1260. The van der Waals surface area contributed by atoms with Crippen LogP contribution in [0.15, 0.2) is 88.9 Å². The molecule has 1 amide bonds. The van der Waals surface area contributed by atoms with Crippen molar-refractivity contribution in [3.63, 3.8) is 0 Å². The van der Waals surface area contributed by atoms with Gasteiger partial charge in [0.1, 0.15) is 5.82 Å².